The molecule has 0 radical (unpaired) electrons. The van der Waals surface area contributed by atoms with Crippen molar-refractivity contribution in [1.82, 2.24) is 9.88 Å². The second-order valence-electron chi connectivity index (χ2n) is 6.18. The van der Waals surface area contributed by atoms with E-state index in [1.165, 1.54) is 12.0 Å². The van der Waals surface area contributed by atoms with E-state index in [0.717, 1.165) is 41.5 Å². The van der Waals surface area contributed by atoms with Gasteiger partial charge in [0, 0.05) is 19.5 Å². The summed E-state index contributed by atoms with van der Waals surface area (Å²) in [5.74, 6) is 0.774. The number of rotatable bonds is 3. The second kappa shape index (κ2) is 6.61. The van der Waals surface area contributed by atoms with Crippen molar-refractivity contribution in [1.29, 1.82) is 0 Å². The Hall–Kier alpha value is -1.68. The molecular formula is C18H22N2OS. The van der Waals surface area contributed by atoms with Crippen LogP contribution in [0, 0.1) is 12.8 Å². The Bertz CT molecular complexity index is 650. The van der Waals surface area contributed by atoms with E-state index in [4.69, 9.17) is 0 Å². The number of aromatic nitrogens is 1. The predicted molar refractivity (Wildman–Crippen MR) is 90.4 cm³/mol. The Kier molecular flexibility index (Phi) is 4.57. The minimum Gasteiger partial charge on any atom is -0.338 e. The highest BCUT2D eigenvalue weighted by Gasteiger charge is 2.25. The van der Waals surface area contributed by atoms with Crippen molar-refractivity contribution in [2.75, 3.05) is 13.1 Å². The van der Waals surface area contributed by atoms with Gasteiger partial charge in [0.1, 0.15) is 4.88 Å². The number of hydrogen-bond donors (Lipinski definition) is 0. The summed E-state index contributed by atoms with van der Waals surface area (Å²) in [6, 6.07) is 10.3. The maximum atomic E-state index is 12.7. The molecule has 1 aliphatic heterocycles. The number of hydrogen-bond acceptors (Lipinski definition) is 3. The molecule has 1 unspecified atom stereocenters. The SMILES string of the molecule is Cc1nc(Cc2ccccc2)sc1C(=O)N1CCCC(C)C1. The molecule has 4 heteroatoms. The highest BCUT2D eigenvalue weighted by atomic mass is 32.1. The minimum absolute atomic E-state index is 0.167. The number of nitrogens with zero attached hydrogens (tertiary/aromatic N) is 2. The van der Waals surface area contributed by atoms with Crippen LogP contribution in [0.4, 0.5) is 0 Å². The number of likely N-dealkylation sites (tertiary alicyclic amines) is 1. The topological polar surface area (TPSA) is 33.2 Å². The van der Waals surface area contributed by atoms with Gasteiger partial charge in [0.15, 0.2) is 0 Å². The van der Waals surface area contributed by atoms with Crippen LogP contribution < -0.4 is 0 Å². The standard InChI is InChI=1S/C18H22N2OS/c1-13-7-6-10-20(12-13)18(21)17-14(2)19-16(22-17)11-15-8-4-3-5-9-15/h3-5,8-9,13H,6-7,10-12H2,1-2H3. The molecule has 1 saturated heterocycles. The molecule has 1 aromatic carbocycles. The zero-order valence-electron chi connectivity index (χ0n) is 13.2. The normalized spacial score (nSPS) is 18.5. The number of piperidine rings is 1. The lowest BCUT2D eigenvalue weighted by molar-refractivity contribution is 0.0687. The van der Waals surface area contributed by atoms with Gasteiger partial charge in [-0.05, 0) is 31.2 Å². The van der Waals surface area contributed by atoms with Gasteiger partial charge >= 0.3 is 0 Å². The van der Waals surface area contributed by atoms with E-state index in [9.17, 15) is 4.79 Å². The van der Waals surface area contributed by atoms with Gasteiger partial charge in [-0.2, -0.15) is 0 Å². The third-order valence-corrected chi connectivity index (χ3v) is 5.32. The van der Waals surface area contributed by atoms with Crippen molar-refractivity contribution in [2.24, 2.45) is 5.92 Å². The number of aryl methyl sites for hydroxylation is 1. The molecule has 0 saturated carbocycles. The molecule has 1 fully saturated rings. The van der Waals surface area contributed by atoms with Crippen LogP contribution in [0.2, 0.25) is 0 Å². The second-order valence-corrected chi connectivity index (χ2v) is 7.27. The van der Waals surface area contributed by atoms with Gasteiger partial charge in [-0.1, -0.05) is 37.3 Å². The average molecular weight is 314 g/mol. The summed E-state index contributed by atoms with van der Waals surface area (Å²) in [6.45, 7) is 5.93. The first kappa shape index (κ1) is 15.2. The molecule has 0 N–H and O–H groups in total. The highest BCUT2D eigenvalue weighted by Crippen LogP contribution is 2.25. The first-order valence-electron chi connectivity index (χ1n) is 7.93. The van der Waals surface area contributed by atoms with E-state index >= 15 is 0 Å². The van der Waals surface area contributed by atoms with Crippen LogP contribution >= 0.6 is 11.3 Å². The molecule has 1 aromatic heterocycles. The molecule has 116 valence electrons. The molecule has 0 spiro atoms. The van der Waals surface area contributed by atoms with E-state index in [1.807, 2.05) is 30.0 Å². The van der Waals surface area contributed by atoms with E-state index in [-0.39, 0.29) is 5.91 Å². The van der Waals surface area contributed by atoms with Crippen molar-refractivity contribution in [3.63, 3.8) is 0 Å². The van der Waals surface area contributed by atoms with Gasteiger partial charge in [0.2, 0.25) is 0 Å². The zero-order chi connectivity index (χ0) is 15.5. The van der Waals surface area contributed by atoms with Gasteiger partial charge in [0.25, 0.3) is 5.91 Å². The summed E-state index contributed by atoms with van der Waals surface area (Å²) in [5, 5.41) is 1.03. The van der Waals surface area contributed by atoms with Gasteiger partial charge in [0.05, 0.1) is 10.7 Å². The van der Waals surface area contributed by atoms with Crippen molar-refractivity contribution in [3.8, 4) is 0 Å². The molecule has 3 nitrogen and oxygen atoms in total. The van der Waals surface area contributed by atoms with Crippen molar-refractivity contribution >= 4 is 17.2 Å². The van der Waals surface area contributed by atoms with E-state index in [1.54, 1.807) is 11.3 Å². The minimum atomic E-state index is 0.167. The van der Waals surface area contributed by atoms with Crippen molar-refractivity contribution in [3.05, 3.63) is 51.5 Å². The Morgan fingerprint density at radius 2 is 2.14 bits per heavy atom. The summed E-state index contributed by atoms with van der Waals surface area (Å²) < 4.78 is 0. The van der Waals surface area contributed by atoms with E-state index < -0.39 is 0 Å². The first-order valence-corrected chi connectivity index (χ1v) is 8.74. The van der Waals surface area contributed by atoms with Crippen LogP contribution in [-0.2, 0) is 6.42 Å². The zero-order valence-corrected chi connectivity index (χ0v) is 14.0. The number of benzene rings is 1. The summed E-state index contributed by atoms with van der Waals surface area (Å²) in [4.78, 5) is 20.2. The van der Waals surface area contributed by atoms with Gasteiger partial charge in [-0.3, -0.25) is 4.79 Å². The van der Waals surface area contributed by atoms with Gasteiger partial charge < -0.3 is 4.90 Å². The maximum Gasteiger partial charge on any atom is 0.265 e. The molecule has 1 aliphatic rings. The van der Waals surface area contributed by atoms with Crippen molar-refractivity contribution < 1.29 is 4.79 Å². The highest BCUT2D eigenvalue weighted by molar-refractivity contribution is 7.13. The Balaban J connectivity index is 1.75. The molecular weight excluding hydrogens is 292 g/mol. The van der Waals surface area contributed by atoms with Crippen LogP contribution in [0.5, 0.6) is 0 Å². The number of carbonyl (C=O) groups excluding carboxylic acids is 1. The number of thiazole rings is 1. The van der Waals surface area contributed by atoms with Crippen LogP contribution in [0.25, 0.3) is 0 Å². The van der Waals surface area contributed by atoms with Gasteiger partial charge in [-0.25, -0.2) is 4.98 Å². The molecule has 1 atom stereocenters. The van der Waals surface area contributed by atoms with E-state index in [0.29, 0.717) is 5.92 Å². The fourth-order valence-corrected chi connectivity index (χ4v) is 4.08. The number of amides is 1. The summed E-state index contributed by atoms with van der Waals surface area (Å²) >= 11 is 1.55. The third-order valence-electron chi connectivity index (χ3n) is 4.18. The lowest BCUT2D eigenvalue weighted by atomic mass is 10.0. The smallest absolute Gasteiger partial charge is 0.265 e. The van der Waals surface area contributed by atoms with Gasteiger partial charge in [-0.15, -0.1) is 11.3 Å². The quantitative estimate of drug-likeness (QED) is 0.860. The van der Waals surface area contributed by atoms with Crippen molar-refractivity contribution in [2.45, 2.75) is 33.1 Å². The van der Waals surface area contributed by atoms with Crippen LogP contribution in [0.3, 0.4) is 0 Å². The predicted octanol–water partition coefficient (Wildman–Crippen LogP) is 3.91. The average Bonchev–Trinajstić information content (AvgIpc) is 2.88. The molecule has 2 heterocycles. The Morgan fingerprint density at radius 3 is 2.86 bits per heavy atom. The maximum absolute atomic E-state index is 12.7. The molecule has 0 aliphatic carbocycles. The monoisotopic (exact) mass is 314 g/mol. The third kappa shape index (κ3) is 3.38. The first-order chi connectivity index (χ1) is 10.6. The molecule has 2 aromatic rings. The summed E-state index contributed by atoms with van der Waals surface area (Å²) in [5.41, 5.74) is 2.11. The molecule has 0 bridgehead atoms. The molecule has 1 amide bonds. The Labute approximate surface area is 136 Å². The summed E-state index contributed by atoms with van der Waals surface area (Å²) in [7, 11) is 0. The largest absolute Gasteiger partial charge is 0.338 e. The Morgan fingerprint density at radius 1 is 1.36 bits per heavy atom. The van der Waals surface area contributed by atoms with Crippen LogP contribution in [0.1, 0.15) is 45.7 Å². The number of carbonyl (C=O) groups is 1. The lowest BCUT2D eigenvalue weighted by Crippen LogP contribution is -2.39. The van der Waals surface area contributed by atoms with Crippen LogP contribution in [-0.4, -0.2) is 28.9 Å². The van der Waals surface area contributed by atoms with Crippen LogP contribution in [0.15, 0.2) is 30.3 Å². The lowest BCUT2D eigenvalue weighted by Gasteiger charge is -2.30. The van der Waals surface area contributed by atoms with E-state index in [2.05, 4.69) is 24.0 Å². The fraction of sp³-hybridized carbons (Fsp3) is 0.444. The molecule has 3 rings (SSSR count). The molecule has 22 heavy (non-hydrogen) atoms. The fourth-order valence-electron chi connectivity index (χ4n) is 3.01. The summed E-state index contributed by atoms with van der Waals surface area (Å²) in [6.07, 6.45) is 3.14.